The fourth-order valence-corrected chi connectivity index (χ4v) is 2.85. The van der Waals surface area contributed by atoms with Crippen molar-refractivity contribution in [3.8, 4) is 11.5 Å². The monoisotopic (exact) mass is 283 g/mol. The van der Waals surface area contributed by atoms with Crippen LogP contribution in [0, 0.1) is 5.92 Å². The van der Waals surface area contributed by atoms with E-state index in [4.69, 9.17) is 9.47 Å². The molecule has 1 saturated heterocycles. The van der Waals surface area contributed by atoms with Crippen LogP contribution in [0.15, 0.2) is 16.6 Å². The highest BCUT2D eigenvalue weighted by atomic mass is 79.9. The van der Waals surface area contributed by atoms with Crippen molar-refractivity contribution in [2.45, 2.75) is 12.8 Å². The smallest absolute Gasteiger partial charge is 0.231 e. The van der Waals surface area contributed by atoms with Gasteiger partial charge in [0, 0.05) is 10.0 Å². The van der Waals surface area contributed by atoms with Crippen molar-refractivity contribution in [1.29, 1.82) is 0 Å². The summed E-state index contributed by atoms with van der Waals surface area (Å²) in [7, 11) is 0. The number of nitrogens with one attached hydrogen (secondary N) is 1. The maximum absolute atomic E-state index is 5.55. The molecule has 86 valence electrons. The largest absolute Gasteiger partial charge is 0.454 e. The summed E-state index contributed by atoms with van der Waals surface area (Å²) in [5, 5.41) is 3.39. The Balaban J connectivity index is 1.90. The van der Waals surface area contributed by atoms with Gasteiger partial charge >= 0.3 is 0 Å². The topological polar surface area (TPSA) is 30.5 Å². The SMILES string of the molecule is Brc1ccc2c(c1CC1CCNC1)OCO2. The molecule has 3 rings (SSSR count). The number of rotatable bonds is 2. The molecule has 0 amide bonds. The molecule has 1 fully saturated rings. The minimum atomic E-state index is 0.349. The Kier molecular flexibility index (Phi) is 2.77. The van der Waals surface area contributed by atoms with Crippen LogP contribution in [0.2, 0.25) is 0 Å². The van der Waals surface area contributed by atoms with Gasteiger partial charge in [0.25, 0.3) is 0 Å². The zero-order valence-electron chi connectivity index (χ0n) is 8.96. The number of fused-ring (bicyclic) bond motifs is 1. The molecule has 0 radical (unpaired) electrons. The summed E-state index contributed by atoms with van der Waals surface area (Å²) in [4.78, 5) is 0. The molecule has 1 unspecified atom stereocenters. The number of benzene rings is 1. The maximum atomic E-state index is 5.55. The molecule has 0 aliphatic carbocycles. The van der Waals surface area contributed by atoms with Crippen LogP contribution in [0.1, 0.15) is 12.0 Å². The van der Waals surface area contributed by atoms with Crippen molar-refractivity contribution in [2.75, 3.05) is 19.9 Å². The third-order valence-corrected chi connectivity index (χ3v) is 3.98. The number of ether oxygens (including phenoxy) is 2. The number of hydrogen-bond donors (Lipinski definition) is 1. The van der Waals surface area contributed by atoms with Crippen molar-refractivity contribution in [3.63, 3.8) is 0 Å². The highest BCUT2D eigenvalue weighted by Crippen LogP contribution is 2.41. The summed E-state index contributed by atoms with van der Waals surface area (Å²) < 4.78 is 12.1. The van der Waals surface area contributed by atoms with Gasteiger partial charge in [-0.3, -0.25) is 0 Å². The molecule has 1 N–H and O–H groups in total. The van der Waals surface area contributed by atoms with Gasteiger partial charge in [-0.25, -0.2) is 0 Å². The van der Waals surface area contributed by atoms with Crippen LogP contribution >= 0.6 is 15.9 Å². The van der Waals surface area contributed by atoms with E-state index in [2.05, 4.69) is 21.2 Å². The van der Waals surface area contributed by atoms with E-state index in [-0.39, 0.29) is 0 Å². The summed E-state index contributed by atoms with van der Waals surface area (Å²) in [6.07, 6.45) is 2.30. The normalized spacial score (nSPS) is 22.7. The third kappa shape index (κ3) is 1.80. The van der Waals surface area contributed by atoms with Gasteiger partial charge in [-0.05, 0) is 44.0 Å². The van der Waals surface area contributed by atoms with E-state index >= 15 is 0 Å². The molecule has 0 aromatic heterocycles. The van der Waals surface area contributed by atoms with E-state index < -0.39 is 0 Å². The van der Waals surface area contributed by atoms with E-state index in [1.807, 2.05) is 12.1 Å². The van der Waals surface area contributed by atoms with Gasteiger partial charge < -0.3 is 14.8 Å². The zero-order valence-corrected chi connectivity index (χ0v) is 10.5. The fourth-order valence-electron chi connectivity index (χ4n) is 2.37. The molecular weight excluding hydrogens is 270 g/mol. The molecule has 4 heteroatoms. The second-order valence-corrected chi connectivity index (χ2v) is 5.18. The second kappa shape index (κ2) is 4.26. The Labute approximate surface area is 103 Å². The van der Waals surface area contributed by atoms with Crippen molar-refractivity contribution < 1.29 is 9.47 Å². The molecular formula is C12H14BrNO2. The fraction of sp³-hybridized carbons (Fsp3) is 0.500. The van der Waals surface area contributed by atoms with Gasteiger partial charge in [-0.2, -0.15) is 0 Å². The number of halogens is 1. The number of hydrogen-bond acceptors (Lipinski definition) is 3. The lowest BCUT2D eigenvalue weighted by Crippen LogP contribution is -2.11. The Morgan fingerprint density at radius 3 is 3.12 bits per heavy atom. The average molecular weight is 284 g/mol. The first-order valence-electron chi connectivity index (χ1n) is 5.62. The predicted octanol–water partition coefficient (Wildman–Crippen LogP) is 2.33. The van der Waals surface area contributed by atoms with E-state index in [1.165, 1.54) is 12.0 Å². The minimum absolute atomic E-state index is 0.349. The second-order valence-electron chi connectivity index (χ2n) is 4.32. The Bertz CT molecular complexity index is 402. The molecule has 0 bridgehead atoms. The average Bonchev–Trinajstić information content (AvgIpc) is 2.92. The molecule has 2 aliphatic rings. The Morgan fingerprint density at radius 1 is 1.38 bits per heavy atom. The van der Waals surface area contributed by atoms with E-state index in [1.54, 1.807) is 0 Å². The third-order valence-electron chi connectivity index (χ3n) is 3.24. The minimum Gasteiger partial charge on any atom is -0.454 e. The molecule has 1 aromatic carbocycles. The molecule has 16 heavy (non-hydrogen) atoms. The zero-order chi connectivity index (χ0) is 11.0. The summed E-state index contributed by atoms with van der Waals surface area (Å²) in [5.74, 6) is 2.53. The van der Waals surface area contributed by atoms with Crippen LogP contribution in [0.25, 0.3) is 0 Å². The maximum Gasteiger partial charge on any atom is 0.231 e. The molecule has 1 atom stereocenters. The summed E-state index contributed by atoms with van der Waals surface area (Å²) in [6, 6.07) is 4.01. The van der Waals surface area contributed by atoms with Crippen LogP contribution in [0.3, 0.4) is 0 Å². The van der Waals surface area contributed by atoms with Crippen LogP contribution in [-0.4, -0.2) is 19.9 Å². The molecule has 3 nitrogen and oxygen atoms in total. The first kappa shape index (κ1) is 10.4. The molecule has 0 saturated carbocycles. The Morgan fingerprint density at radius 2 is 2.31 bits per heavy atom. The van der Waals surface area contributed by atoms with Crippen molar-refractivity contribution in [1.82, 2.24) is 5.32 Å². The lowest BCUT2D eigenvalue weighted by atomic mass is 9.98. The molecule has 2 aliphatic heterocycles. The van der Waals surface area contributed by atoms with Gasteiger partial charge in [-0.15, -0.1) is 0 Å². The quantitative estimate of drug-likeness (QED) is 0.904. The van der Waals surface area contributed by atoms with Gasteiger partial charge in [0.05, 0.1) is 0 Å². The van der Waals surface area contributed by atoms with Crippen LogP contribution < -0.4 is 14.8 Å². The van der Waals surface area contributed by atoms with Gasteiger partial charge in [0.15, 0.2) is 11.5 Å². The van der Waals surface area contributed by atoms with E-state index in [0.717, 1.165) is 35.5 Å². The van der Waals surface area contributed by atoms with Crippen LogP contribution in [0.4, 0.5) is 0 Å². The lowest BCUT2D eigenvalue weighted by Gasteiger charge is -2.12. The van der Waals surface area contributed by atoms with E-state index in [0.29, 0.717) is 12.7 Å². The van der Waals surface area contributed by atoms with Gasteiger partial charge in [0.1, 0.15) is 0 Å². The summed E-state index contributed by atoms with van der Waals surface area (Å²) in [6.45, 7) is 2.59. The summed E-state index contributed by atoms with van der Waals surface area (Å²) >= 11 is 3.60. The van der Waals surface area contributed by atoms with Crippen LogP contribution in [-0.2, 0) is 6.42 Å². The molecule has 0 spiro atoms. The highest BCUT2D eigenvalue weighted by molar-refractivity contribution is 9.10. The van der Waals surface area contributed by atoms with Crippen molar-refractivity contribution in [2.24, 2.45) is 5.92 Å². The first-order chi connectivity index (χ1) is 7.84. The molecule has 1 aromatic rings. The van der Waals surface area contributed by atoms with Crippen LogP contribution in [0.5, 0.6) is 11.5 Å². The standard InChI is InChI=1S/C12H14BrNO2/c13-10-1-2-11-12(16-7-15-11)9(10)5-8-3-4-14-6-8/h1-2,8,14H,3-7H2. The van der Waals surface area contributed by atoms with Crippen molar-refractivity contribution >= 4 is 15.9 Å². The van der Waals surface area contributed by atoms with E-state index in [9.17, 15) is 0 Å². The van der Waals surface area contributed by atoms with Crippen molar-refractivity contribution in [3.05, 3.63) is 22.2 Å². The lowest BCUT2D eigenvalue weighted by molar-refractivity contribution is 0.173. The predicted molar refractivity (Wildman–Crippen MR) is 64.9 cm³/mol. The van der Waals surface area contributed by atoms with Gasteiger partial charge in [0.2, 0.25) is 6.79 Å². The highest BCUT2D eigenvalue weighted by Gasteiger charge is 2.23. The Hall–Kier alpha value is -0.740. The summed E-state index contributed by atoms with van der Waals surface area (Å²) in [5.41, 5.74) is 1.25. The van der Waals surface area contributed by atoms with Gasteiger partial charge in [-0.1, -0.05) is 15.9 Å². The first-order valence-corrected chi connectivity index (χ1v) is 6.41. The molecule has 2 heterocycles.